The minimum atomic E-state index is -0.916. The monoisotopic (exact) mass is 564 g/mol. The Balaban J connectivity index is 1.66. The Morgan fingerprint density at radius 1 is 1.17 bits per heavy atom. The Morgan fingerprint density at radius 3 is 2.51 bits per heavy atom. The predicted molar refractivity (Wildman–Crippen MR) is 160 cm³/mol. The van der Waals surface area contributed by atoms with E-state index in [-0.39, 0.29) is 17.7 Å². The third-order valence-electron chi connectivity index (χ3n) is 7.51. The van der Waals surface area contributed by atoms with E-state index in [2.05, 4.69) is 36.0 Å². The van der Waals surface area contributed by atoms with Gasteiger partial charge in [0.05, 0.1) is 10.9 Å². The standard InChI is InChI=1S/C31H44N6O4/c1-8-23-19(4)16-22-12-11-21(17-25(22)34-23)13-14-31(6,7)30(41)35-26(18(2)3)28(39)33-20(5)29(40)37-15-9-10-24(36-37)27(32)38/h11-14,16-18,20,24,26,36H,8-10,15H2,1-7H3,(H2,32,38)(H,33,39)(H,35,41). The molecule has 0 bridgehead atoms. The van der Waals surface area contributed by atoms with Crippen LogP contribution in [0.15, 0.2) is 30.3 Å². The highest BCUT2D eigenvalue weighted by atomic mass is 16.2. The van der Waals surface area contributed by atoms with Crippen molar-refractivity contribution < 1.29 is 19.2 Å². The molecule has 0 saturated carbocycles. The number of nitrogens with one attached hydrogen (secondary N) is 3. The van der Waals surface area contributed by atoms with Crippen LogP contribution in [-0.2, 0) is 25.6 Å². The van der Waals surface area contributed by atoms with Gasteiger partial charge in [0, 0.05) is 17.6 Å². The minimum Gasteiger partial charge on any atom is -0.368 e. The molecule has 2 aromatic rings. The Morgan fingerprint density at radius 2 is 1.88 bits per heavy atom. The molecular formula is C31H44N6O4. The van der Waals surface area contributed by atoms with E-state index in [0.717, 1.165) is 28.6 Å². The van der Waals surface area contributed by atoms with Crippen molar-refractivity contribution in [1.82, 2.24) is 26.1 Å². The van der Waals surface area contributed by atoms with Crippen molar-refractivity contribution in [3.8, 4) is 0 Å². The van der Waals surface area contributed by atoms with E-state index in [9.17, 15) is 19.2 Å². The number of hydrogen-bond acceptors (Lipinski definition) is 6. The number of carbonyl (C=O) groups is 4. The van der Waals surface area contributed by atoms with E-state index >= 15 is 0 Å². The minimum absolute atomic E-state index is 0.226. The van der Waals surface area contributed by atoms with E-state index in [1.165, 1.54) is 10.6 Å². The second-order valence-electron chi connectivity index (χ2n) is 11.8. The van der Waals surface area contributed by atoms with Crippen molar-refractivity contribution in [3.05, 3.63) is 47.2 Å². The molecule has 41 heavy (non-hydrogen) atoms. The van der Waals surface area contributed by atoms with Gasteiger partial charge in [-0.05, 0) is 76.1 Å². The molecule has 0 radical (unpaired) electrons. The van der Waals surface area contributed by atoms with E-state index in [1.807, 2.05) is 44.2 Å². The molecule has 1 aromatic heterocycles. The lowest BCUT2D eigenvalue weighted by Gasteiger charge is -2.34. The number of primary amides is 1. The molecule has 4 amide bonds. The quantitative estimate of drug-likeness (QED) is 0.349. The molecule has 3 rings (SSSR count). The van der Waals surface area contributed by atoms with Gasteiger partial charge in [-0.15, -0.1) is 0 Å². The molecule has 3 atom stereocenters. The van der Waals surface area contributed by atoms with Crippen LogP contribution in [0, 0.1) is 18.3 Å². The summed E-state index contributed by atoms with van der Waals surface area (Å²) < 4.78 is 0. The molecule has 5 N–H and O–H groups in total. The van der Waals surface area contributed by atoms with Gasteiger partial charge in [0.25, 0.3) is 5.91 Å². The van der Waals surface area contributed by atoms with Gasteiger partial charge in [-0.2, -0.15) is 0 Å². The lowest BCUT2D eigenvalue weighted by Crippen LogP contribution is -2.61. The fraction of sp³-hybridized carbons (Fsp3) is 0.516. The summed E-state index contributed by atoms with van der Waals surface area (Å²) in [5, 5.41) is 7.99. The Labute approximate surface area is 242 Å². The number of carbonyl (C=O) groups excluding carboxylic acids is 4. The molecule has 3 unspecified atom stereocenters. The van der Waals surface area contributed by atoms with Crippen LogP contribution in [0.2, 0.25) is 0 Å². The van der Waals surface area contributed by atoms with Gasteiger partial charge in [-0.25, -0.2) is 5.43 Å². The van der Waals surface area contributed by atoms with Crippen LogP contribution in [0.1, 0.15) is 71.2 Å². The first kappa shape index (κ1) is 31.7. The molecule has 0 spiro atoms. The van der Waals surface area contributed by atoms with Gasteiger partial charge in [0.2, 0.25) is 17.7 Å². The van der Waals surface area contributed by atoms with Gasteiger partial charge in [0.1, 0.15) is 18.1 Å². The Hall–Kier alpha value is -3.79. The first-order chi connectivity index (χ1) is 19.2. The average Bonchev–Trinajstić information content (AvgIpc) is 2.93. The molecule has 222 valence electrons. The normalized spacial score (nSPS) is 17.5. The SMILES string of the molecule is CCc1nc2cc(C=CC(C)(C)C(=O)NC(C(=O)NC(C)C(=O)N3CCCC(C(N)=O)N3)C(C)C)ccc2cc1C. The summed E-state index contributed by atoms with van der Waals surface area (Å²) in [5.74, 6) is -1.91. The maximum atomic E-state index is 13.3. The van der Waals surface area contributed by atoms with Crippen molar-refractivity contribution in [3.63, 3.8) is 0 Å². The first-order valence-corrected chi connectivity index (χ1v) is 14.3. The maximum Gasteiger partial charge on any atom is 0.258 e. The van der Waals surface area contributed by atoms with E-state index in [1.54, 1.807) is 20.8 Å². The first-order valence-electron chi connectivity index (χ1n) is 14.3. The fourth-order valence-corrected chi connectivity index (χ4v) is 4.78. The van der Waals surface area contributed by atoms with Crippen molar-refractivity contribution in [2.75, 3.05) is 6.54 Å². The van der Waals surface area contributed by atoms with Crippen LogP contribution in [0.5, 0.6) is 0 Å². The van der Waals surface area contributed by atoms with E-state index in [0.29, 0.717) is 19.4 Å². The van der Waals surface area contributed by atoms with Gasteiger partial charge in [-0.1, -0.05) is 45.1 Å². The van der Waals surface area contributed by atoms with Crippen molar-refractivity contribution in [2.45, 2.75) is 85.9 Å². The molecule has 10 heteroatoms. The molecule has 0 aliphatic carbocycles. The number of hydrazine groups is 1. The summed E-state index contributed by atoms with van der Waals surface area (Å²) >= 11 is 0. The number of nitrogens with two attached hydrogens (primary N) is 1. The Kier molecular flexibility index (Phi) is 10.3. The number of fused-ring (bicyclic) bond motifs is 1. The zero-order chi connectivity index (χ0) is 30.5. The summed E-state index contributed by atoms with van der Waals surface area (Å²) in [4.78, 5) is 55.7. The number of amides is 4. The summed E-state index contributed by atoms with van der Waals surface area (Å²) in [6, 6.07) is 5.81. The average molecular weight is 565 g/mol. The molecule has 1 fully saturated rings. The van der Waals surface area contributed by atoms with Crippen molar-refractivity contribution in [1.29, 1.82) is 0 Å². The predicted octanol–water partition coefficient (Wildman–Crippen LogP) is 2.77. The smallest absolute Gasteiger partial charge is 0.258 e. The molecule has 1 aromatic carbocycles. The third kappa shape index (κ3) is 7.91. The highest BCUT2D eigenvalue weighted by Gasteiger charge is 2.34. The number of aromatic nitrogens is 1. The van der Waals surface area contributed by atoms with Gasteiger partial charge in [-0.3, -0.25) is 29.2 Å². The topological polar surface area (TPSA) is 147 Å². The molecule has 2 heterocycles. The van der Waals surface area contributed by atoms with Crippen LogP contribution in [0.4, 0.5) is 0 Å². The van der Waals surface area contributed by atoms with Crippen LogP contribution in [-0.4, -0.2) is 58.3 Å². The van der Waals surface area contributed by atoms with Crippen LogP contribution in [0.25, 0.3) is 17.0 Å². The summed E-state index contributed by atoms with van der Waals surface area (Å²) in [6.07, 6.45) is 5.73. The van der Waals surface area contributed by atoms with E-state index < -0.39 is 35.4 Å². The second-order valence-corrected chi connectivity index (χ2v) is 11.8. The largest absolute Gasteiger partial charge is 0.368 e. The van der Waals surface area contributed by atoms with Crippen molar-refractivity contribution in [2.24, 2.45) is 17.1 Å². The molecule has 1 aliphatic heterocycles. The van der Waals surface area contributed by atoms with Crippen LogP contribution >= 0.6 is 0 Å². The highest BCUT2D eigenvalue weighted by molar-refractivity contribution is 5.94. The molecular weight excluding hydrogens is 520 g/mol. The fourth-order valence-electron chi connectivity index (χ4n) is 4.78. The highest BCUT2D eigenvalue weighted by Crippen LogP contribution is 2.23. The summed E-state index contributed by atoms with van der Waals surface area (Å²) in [6.45, 7) is 13.4. The van der Waals surface area contributed by atoms with Crippen LogP contribution < -0.4 is 21.8 Å². The number of rotatable bonds is 10. The van der Waals surface area contributed by atoms with Gasteiger partial charge in [0.15, 0.2) is 0 Å². The number of nitrogens with zero attached hydrogens (tertiary/aromatic N) is 2. The molecule has 1 aliphatic rings. The third-order valence-corrected chi connectivity index (χ3v) is 7.51. The van der Waals surface area contributed by atoms with Gasteiger partial charge >= 0.3 is 0 Å². The van der Waals surface area contributed by atoms with Crippen molar-refractivity contribution >= 4 is 40.6 Å². The summed E-state index contributed by atoms with van der Waals surface area (Å²) in [5.41, 5.74) is 11.4. The number of pyridine rings is 1. The lowest BCUT2D eigenvalue weighted by atomic mass is 9.89. The number of hydrogen-bond donors (Lipinski definition) is 4. The van der Waals surface area contributed by atoms with E-state index in [4.69, 9.17) is 10.7 Å². The number of aryl methyl sites for hydroxylation is 2. The summed E-state index contributed by atoms with van der Waals surface area (Å²) in [7, 11) is 0. The maximum absolute atomic E-state index is 13.3. The second kappa shape index (κ2) is 13.2. The Bertz CT molecular complexity index is 1340. The van der Waals surface area contributed by atoms with Crippen LogP contribution in [0.3, 0.4) is 0 Å². The van der Waals surface area contributed by atoms with Gasteiger partial charge < -0.3 is 16.4 Å². The zero-order valence-corrected chi connectivity index (χ0v) is 25.2. The molecule has 1 saturated heterocycles. The lowest BCUT2D eigenvalue weighted by molar-refractivity contribution is -0.143. The number of benzene rings is 1. The molecule has 10 nitrogen and oxygen atoms in total. The zero-order valence-electron chi connectivity index (χ0n) is 25.2.